The van der Waals surface area contributed by atoms with Gasteiger partial charge in [-0.15, -0.1) is 0 Å². The Balaban J connectivity index is 2.75. The monoisotopic (exact) mass is 240 g/mol. The van der Waals surface area contributed by atoms with Gasteiger partial charge in [0.25, 0.3) is 5.91 Å². The van der Waals surface area contributed by atoms with Crippen LogP contribution >= 0.6 is 0 Å². The molecule has 1 atom stereocenters. The zero-order chi connectivity index (χ0) is 12.8. The van der Waals surface area contributed by atoms with Crippen LogP contribution in [0.4, 0.5) is 10.2 Å². The minimum absolute atomic E-state index is 0.0590. The second kappa shape index (κ2) is 6.15. The maximum atomic E-state index is 13.7. The number of halogens is 1. The van der Waals surface area contributed by atoms with E-state index < -0.39 is 11.7 Å². The molecule has 1 amide bonds. The summed E-state index contributed by atoms with van der Waals surface area (Å²) < 4.78 is 13.7. The first-order valence-corrected chi connectivity index (χ1v) is 5.49. The van der Waals surface area contributed by atoms with Crippen LogP contribution in [0, 0.1) is 11.7 Å². The number of nitrogen functional groups attached to an aromatic ring is 1. The van der Waals surface area contributed by atoms with Crippen molar-refractivity contribution in [3.63, 3.8) is 0 Å². The Hall–Kier alpha value is -1.69. The number of anilines is 1. The van der Waals surface area contributed by atoms with Crippen molar-refractivity contribution in [2.24, 2.45) is 11.8 Å². The van der Waals surface area contributed by atoms with Crippen molar-refractivity contribution in [2.45, 2.75) is 20.3 Å². The van der Waals surface area contributed by atoms with E-state index in [1.54, 1.807) is 0 Å². The molecule has 0 aliphatic rings. The summed E-state index contributed by atoms with van der Waals surface area (Å²) in [5.41, 5.74) is 2.04. The summed E-state index contributed by atoms with van der Waals surface area (Å²) in [6.07, 6.45) is 2.28. The summed E-state index contributed by atoms with van der Waals surface area (Å²) in [6, 6.07) is 1.32. The van der Waals surface area contributed by atoms with Gasteiger partial charge in [0.1, 0.15) is 0 Å². The standard InChI is InChI=1S/C11H17FN4O/c1-3-7(2)6-15-11(17)8-4-5-14-10(16-13)9(8)12/h4-5,7H,3,6,13H2,1-2H3,(H,14,16)(H,15,17). The number of aromatic nitrogens is 1. The largest absolute Gasteiger partial charge is 0.352 e. The molecule has 4 N–H and O–H groups in total. The van der Waals surface area contributed by atoms with Crippen molar-refractivity contribution in [2.75, 3.05) is 12.0 Å². The fourth-order valence-electron chi connectivity index (χ4n) is 1.23. The van der Waals surface area contributed by atoms with Gasteiger partial charge in [-0.25, -0.2) is 15.2 Å². The molecule has 6 heteroatoms. The van der Waals surface area contributed by atoms with Crippen molar-refractivity contribution >= 4 is 11.7 Å². The highest BCUT2D eigenvalue weighted by molar-refractivity contribution is 5.95. The normalized spacial score (nSPS) is 12.0. The molecule has 1 aromatic rings. The van der Waals surface area contributed by atoms with Crippen molar-refractivity contribution < 1.29 is 9.18 Å². The molecule has 0 fully saturated rings. The van der Waals surface area contributed by atoms with Gasteiger partial charge in [-0.1, -0.05) is 20.3 Å². The average Bonchev–Trinajstić information content (AvgIpc) is 2.35. The molecule has 1 unspecified atom stereocenters. The zero-order valence-electron chi connectivity index (χ0n) is 9.96. The van der Waals surface area contributed by atoms with Crippen LogP contribution in [0.15, 0.2) is 12.3 Å². The first kappa shape index (κ1) is 13.4. The molecule has 5 nitrogen and oxygen atoms in total. The van der Waals surface area contributed by atoms with Gasteiger partial charge in [-0.2, -0.15) is 0 Å². The first-order chi connectivity index (χ1) is 8.10. The van der Waals surface area contributed by atoms with Gasteiger partial charge in [0.05, 0.1) is 5.56 Å². The SMILES string of the molecule is CCC(C)CNC(=O)c1ccnc(NN)c1F. The van der Waals surface area contributed by atoms with Crippen LogP contribution in [0.3, 0.4) is 0 Å². The third-order valence-electron chi connectivity index (χ3n) is 2.58. The Labute approximate surface area is 99.6 Å². The Bertz CT molecular complexity index is 397. The van der Waals surface area contributed by atoms with E-state index in [4.69, 9.17) is 5.84 Å². The minimum atomic E-state index is -0.739. The summed E-state index contributed by atoms with van der Waals surface area (Å²) in [6.45, 7) is 4.55. The number of amides is 1. The zero-order valence-corrected chi connectivity index (χ0v) is 9.96. The number of rotatable bonds is 5. The van der Waals surface area contributed by atoms with Crippen LogP contribution in [0.25, 0.3) is 0 Å². The molecule has 17 heavy (non-hydrogen) atoms. The molecule has 0 bridgehead atoms. The summed E-state index contributed by atoms with van der Waals surface area (Å²) in [5.74, 6) is 4.10. The highest BCUT2D eigenvalue weighted by Crippen LogP contribution is 2.13. The lowest BCUT2D eigenvalue weighted by molar-refractivity contribution is 0.0943. The topological polar surface area (TPSA) is 80.0 Å². The number of hydrogen-bond donors (Lipinski definition) is 3. The van der Waals surface area contributed by atoms with E-state index in [1.807, 2.05) is 13.8 Å². The lowest BCUT2D eigenvalue weighted by Gasteiger charge is -2.11. The summed E-state index contributed by atoms with van der Waals surface area (Å²) >= 11 is 0. The Morgan fingerprint density at radius 1 is 1.65 bits per heavy atom. The summed E-state index contributed by atoms with van der Waals surface area (Å²) in [5, 5.41) is 2.67. The van der Waals surface area contributed by atoms with Gasteiger partial charge in [-0.05, 0) is 12.0 Å². The second-order valence-corrected chi connectivity index (χ2v) is 3.89. The molecule has 0 spiro atoms. The number of nitrogens with two attached hydrogens (primary N) is 1. The van der Waals surface area contributed by atoms with E-state index in [1.165, 1.54) is 12.3 Å². The molecule has 1 aromatic heterocycles. The highest BCUT2D eigenvalue weighted by atomic mass is 19.1. The molecule has 0 aliphatic heterocycles. The molecule has 0 radical (unpaired) electrons. The molecule has 0 aromatic carbocycles. The van der Waals surface area contributed by atoms with Gasteiger partial charge in [0, 0.05) is 12.7 Å². The number of pyridine rings is 1. The average molecular weight is 240 g/mol. The van der Waals surface area contributed by atoms with Crippen LogP contribution in [-0.4, -0.2) is 17.4 Å². The molecule has 0 saturated carbocycles. The van der Waals surface area contributed by atoms with E-state index in [2.05, 4.69) is 15.7 Å². The molecule has 0 saturated heterocycles. The van der Waals surface area contributed by atoms with Crippen molar-refractivity contribution in [1.29, 1.82) is 0 Å². The van der Waals surface area contributed by atoms with E-state index in [0.29, 0.717) is 12.5 Å². The fourth-order valence-corrected chi connectivity index (χ4v) is 1.23. The minimum Gasteiger partial charge on any atom is -0.352 e. The van der Waals surface area contributed by atoms with E-state index >= 15 is 0 Å². The van der Waals surface area contributed by atoms with Crippen LogP contribution in [0.2, 0.25) is 0 Å². The van der Waals surface area contributed by atoms with Crippen molar-refractivity contribution in [1.82, 2.24) is 10.3 Å². The van der Waals surface area contributed by atoms with Crippen LogP contribution in [0.1, 0.15) is 30.6 Å². The number of nitrogens with zero attached hydrogens (tertiary/aromatic N) is 1. The fraction of sp³-hybridized carbons (Fsp3) is 0.455. The number of hydrazine groups is 1. The maximum Gasteiger partial charge on any atom is 0.254 e. The second-order valence-electron chi connectivity index (χ2n) is 3.89. The van der Waals surface area contributed by atoms with Crippen molar-refractivity contribution in [3.05, 3.63) is 23.6 Å². The molecule has 0 aliphatic carbocycles. The molecule has 94 valence electrons. The molecular formula is C11H17FN4O. The third-order valence-corrected chi connectivity index (χ3v) is 2.58. The Morgan fingerprint density at radius 2 is 2.35 bits per heavy atom. The number of nitrogens with one attached hydrogen (secondary N) is 2. The van der Waals surface area contributed by atoms with E-state index in [0.717, 1.165) is 6.42 Å². The molecular weight excluding hydrogens is 223 g/mol. The third kappa shape index (κ3) is 3.39. The Kier molecular flexibility index (Phi) is 4.84. The van der Waals surface area contributed by atoms with Gasteiger partial charge in [0.2, 0.25) is 0 Å². The van der Waals surface area contributed by atoms with E-state index in [9.17, 15) is 9.18 Å². The lowest BCUT2D eigenvalue weighted by atomic mass is 10.1. The van der Waals surface area contributed by atoms with Gasteiger partial charge in [0.15, 0.2) is 11.6 Å². The Morgan fingerprint density at radius 3 is 2.94 bits per heavy atom. The number of hydrogen-bond acceptors (Lipinski definition) is 4. The quantitative estimate of drug-likeness (QED) is 0.535. The predicted molar refractivity (Wildman–Crippen MR) is 63.8 cm³/mol. The maximum absolute atomic E-state index is 13.7. The number of carbonyl (C=O) groups excluding carboxylic acids is 1. The summed E-state index contributed by atoms with van der Waals surface area (Å²) in [7, 11) is 0. The van der Waals surface area contributed by atoms with Gasteiger partial charge in [-0.3, -0.25) is 4.79 Å². The smallest absolute Gasteiger partial charge is 0.254 e. The van der Waals surface area contributed by atoms with Gasteiger partial charge >= 0.3 is 0 Å². The van der Waals surface area contributed by atoms with Crippen LogP contribution in [0.5, 0.6) is 0 Å². The van der Waals surface area contributed by atoms with E-state index in [-0.39, 0.29) is 11.4 Å². The lowest BCUT2D eigenvalue weighted by Crippen LogP contribution is -2.29. The first-order valence-electron chi connectivity index (χ1n) is 5.49. The molecule has 1 rings (SSSR count). The highest BCUT2D eigenvalue weighted by Gasteiger charge is 2.15. The van der Waals surface area contributed by atoms with Crippen LogP contribution < -0.4 is 16.6 Å². The number of carbonyl (C=O) groups is 1. The van der Waals surface area contributed by atoms with Crippen LogP contribution in [-0.2, 0) is 0 Å². The predicted octanol–water partition coefficient (Wildman–Crippen LogP) is 1.28. The van der Waals surface area contributed by atoms with Gasteiger partial charge < -0.3 is 10.7 Å². The van der Waals surface area contributed by atoms with Crippen molar-refractivity contribution in [3.8, 4) is 0 Å². The molecule has 1 heterocycles. The summed E-state index contributed by atoms with van der Waals surface area (Å²) in [4.78, 5) is 15.4.